The third-order valence-electron chi connectivity index (χ3n) is 4.09. The SMILES string of the molecule is Cc1ccc(N2CCC(NC(=O)C3CNCCO3)C2=O)cc1. The Hall–Kier alpha value is -1.92. The standard InChI is InChI=1S/C16H21N3O3/c1-11-2-4-12(5-3-11)19-8-6-13(16(19)21)18-15(20)14-10-17-7-9-22-14/h2-5,13-14,17H,6-10H2,1H3,(H,18,20). The van der Waals surface area contributed by atoms with Crippen LogP contribution in [0, 0.1) is 6.92 Å². The molecule has 2 heterocycles. The molecule has 2 N–H and O–H groups in total. The minimum Gasteiger partial charge on any atom is -0.366 e. The Morgan fingerprint density at radius 3 is 2.82 bits per heavy atom. The van der Waals surface area contributed by atoms with Crippen LogP contribution >= 0.6 is 0 Å². The van der Waals surface area contributed by atoms with E-state index in [0.717, 1.165) is 17.8 Å². The van der Waals surface area contributed by atoms with Crippen LogP contribution < -0.4 is 15.5 Å². The van der Waals surface area contributed by atoms with Crippen LogP contribution in [0.15, 0.2) is 24.3 Å². The van der Waals surface area contributed by atoms with Gasteiger partial charge in [-0.15, -0.1) is 0 Å². The smallest absolute Gasteiger partial charge is 0.251 e. The van der Waals surface area contributed by atoms with Crippen LogP contribution in [0.5, 0.6) is 0 Å². The molecule has 2 aliphatic rings. The number of rotatable bonds is 3. The molecule has 3 rings (SSSR count). The van der Waals surface area contributed by atoms with Crippen molar-refractivity contribution in [1.29, 1.82) is 0 Å². The number of amides is 2. The van der Waals surface area contributed by atoms with E-state index >= 15 is 0 Å². The van der Waals surface area contributed by atoms with Gasteiger partial charge in [0.25, 0.3) is 5.91 Å². The third kappa shape index (κ3) is 3.13. The lowest BCUT2D eigenvalue weighted by atomic mass is 10.2. The quantitative estimate of drug-likeness (QED) is 0.837. The normalized spacial score (nSPS) is 25.3. The van der Waals surface area contributed by atoms with Crippen LogP contribution in [0.25, 0.3) is 0 Å². The number of benzene rings is 1. The minimum atomic E-state index is -0.505. The molecule has 2 aliphatic heterocycles. The molecule has 0 bridgehead atoms. The van der Waals surface area contributed by atoms with E-state index in [2.05, 4.69) is 10.6 Å². The Kier molecular flexibility index (Phi) is 4.40. The fourth-order valence-electron chi connectivity index (χ4n) is 2.79. The predicted molar refractivity (Wildman–Crippen MR) is 82.7 cm³/mol. The first-order valence-electron chi connectivity index (χ1n) is 7.66. The Labute approximate surface area is 129 Å². The zero-order valence-electron chi connectivity index (χ0n) is 12.7. The van der Waals surface area contributed by atoms with Crippen molar-refractivity contribution in [2.75, 3.05) is 31.1 Å². The molecule has 2 fully saturated rings. The Morgan fingerprint density at radius 1 is 1.36 bits per heavy atom. The first kappa shape index (κ1) is 15.0. The molecular formula is C16H21N3O3. The summed E-state index contributed by atoms with van der Waals surface area (Å²) in [5, 5.41) is 5.92. The molecule has 0 saturated carbocycles. The Balaban J connectivity index is 1.61. The molecule has 2 unspecified atom stereocenters. The fourth-order valence-corrected chi connectivity index (χ4v) is 2.79. The molecule has 118 valence electrons. The number of ether oxygens (including phenoxy) is 1. The van der Waals surface area contributed by atoms with Crippen molar-refractivity contribution in [3.63, 3.8) is 0 Å². The van der Waals surface area contributed by atoms with E-state index in [9.17, 15) is 9.59 Å². The number of carbonyl (C=O) groups excluding carboxylic acids is 2. The lowest BCUT2D eigenvalue weighted by Crippen LogP contribution is -2.51. The molecule has 0 spiro atoms. The topological polar surface area (TPSA) is 70.7 Å². The first-order valence-corrected chi connectivity index (χ1v) is 7.66. The summed E-state index contributed by atoms with van der Waals surface area (Å²) in [6, 6.07) is 7.38. The van der Waals surface area contributed by atoms with Gasteiger partial charge in [0.1, 0.15) is 12.1 Å². The average molecular weight is 303 g/mol. The molecule has 2 amide bonds. The summed E-state index contributed by atoms with van der Waals surface area (Å²) in [5.41, 5.74) is 2.03. The summed E-state index contributed by atoms with van der Waals surface area (Å²) in [6.07, 6.45) is 0.119. The Morgan fingerprint density at radius 2 is 2.14 bits per heavy atom. The van der Waals surface area contributed by atoms with E-state index in [1.807, 2.05) is 31.2 Å². The van der Waals surface area contributed by atoms with E-state index < -0.39 is 12.1 Å². The summed E-state index contributed by atoms with van der Waals surface area (Å²) in [7, 11) is 0. The molecular weight excluding hydrogens is 282 g/mol. The molecule has 2 saturated heterocycles. The van der Waals surface area contributed by atoms with Gasteiger partial charge in [-0.05, 0) is 25.5 Å². The van der Waals surface area contributed by atoms with Gasteiger partial charge < -0.3 is 20.3 Å². The van der Waals surface area contributed by atoms with Gasteiger partial charge in [0.2, 0.25) is 5.91 Å². The number of nitrogens with zero attached hydrogens (tertiary/aromatic N) is 1. The Bertz CT molecular complexity index is 552. The van der Waals surface area contributed by atoms with E-state index in [4.69, 9.17) is 4.74 Å². The zero-order valence-corrected chi connectivity index (χ0v) is 12.7. The van der Waals surface area contributed by atoms with Gasteiger partial charge in [0.05, 0.1) is 6.61 Å². The number of carbonyl (C=O) groups is 2. The molecule has 22 heavy (non-hydrogen) atoms. The lowest BCUT2D eigenvalue weighted by molar-refractivity contribution is -0.136. The summed E-state index contributed by atoms with van der Waals surface area (Å²) < 4.78 is 5.41. The van der Waals surface area contributed by atoms with E-state index in [-0.39, 0.29) is 11.8 Å². The number of nitrogens with one attached hydrogen (secondary N) is 2. The van der Waals surface area contributed by atoms with Crippen molar-refractivity contribution in [1.82, 2.24) is 10.6 Å². The number of aryl methyl sites for hydroxylation is 1. The highest BCUT2D eigenvalue weighted by Gasteiger charge is 2.35. The van der Waals surface area contributed by atoms with Crippen molar-refractivity contribution in [3.05, 3.63) is 29.8 Å². The molecule has 1 aromatic rings. The zero-order chi connectivity index (χ0) is 15.5. The second-order valence-corrected chi connectivity index (χ2v) is 5.74. The summed E-state index contributed by atoms with van der Waals surface area (Å²) in [6.45, 7) is 4.40. The molecule has 0 radical (unpaired) electrons. The van der Waals surface area contributed by atoms with Crippen molar-refractivity contribution >= 4 is 17.5 Å². The molecule has 6 heteroatoms. The van der Waals surface area contributed by atoms with Gasteiger partial charge in [-0.3, -0.25) is 9.59 Å². The monoisotopic (exact) mass is 303 g/mol. The fraction of sp³-hybridized carbons (Fsp3) is 0.500. The van der Waals surface area contributed by atoms with Crippen molar-refractivity contribution in [2.24, 2.45) is 0 Å². The van der Waals surface area contributed by atoms with Crippen molar-refractivity contribution in [3.8, 4) is 0 Å². The molecule has 1 aromatic carbocycles. The van der Waals surface area contributed by atoms with Crippen LogP contribution in [0.2, 0.25) is 0 Å². The summed E-state index contributed by atoms with van der Waals surface area (Å²) in [4.78, 5) is 26.3. The first-order chi connectivity index (χ1) is 10.6. The van der Waals surface area contributed by atoms with Crippen LogP contribution in [0.3, 0.4) is 0 Å². The summed E-state index contributed by atoms with van der Waals surface area (Å²) in [5.74, 6) is -0.266. The van der Waals surface area contributed by atoms with Gasteiger partial charge in [0, 0.05) is 25.3 Å². The van der Waals surface area contributed by atoms with Crippen LogP contribution in [0.4, 0.5) is 5.69 Å². The van der Waals surface area contributed by atoms with Gasteiger partial charge in [-0.25, -0.2) is 0 Å². The van der Waals surface area contributed by atoms with E-state index in [1.54, 1.807) is 4.90 Å². The number of morpholine rings is 1. The maximum atomic E-state index is 12.5. The third-order valence-corrected chi connectivity index (χ3v) is 4.09. The van der Waals surface area contributed by atoms with Crippen LogP contribution in [0.1, 0.15) is 12.0 Å². The molecule has 2 atom stereocenters. The lowest BCUT2D eigenvalue weighted by Gasteiger charge is -2.24. The average Bonchev–Trinajstić information content (AvgIpc) is 2.90. The van der Waals surface area contributed by atoms with Crippen LogP contribution in [-0.4, -0.2) is 50.2 Å². The van der Waals surface area contributed by atoms with E-state index in [1.165, 1.54) is 0 Å². The molecule has 6 nitrogen and oxygen atoms in total. The minimum absolute atomic E-state index is 0.0547. The largest absolute Gasteiger partial charge is 0.366 e. The highest BCUT2D eigenvalue weighted by Crippen LogP contribution is 2.22. The maximum absolute atomic E-state index is 12.5. The second-order valence-electron chi connectivity index (χ2n) is 5.74. The van der Waals surface area contributed by atoms with Gasteiger partial charge >= 0.3 is 0 Å². The number of anilines is 1. The van der Waals surface area contributed by atoms with Gasteiger partial charge in [-0.1, -0.05) is 17.7 Å². The predicted octanol–water partition coefficient (Wildman–Crippen LogP) is 0.205. The maximum Gasteiger partial charge on any atom is 0.251 e. The highest BCUT2D eigenvalue weighted by molar-refractivity contribution is 6.01. The second kappa shape index (κ2) is 6.46. The van der Waals surface area contributed by atoms with Gasteiger partial charge in [-0.2, -0.15) is 0 Å². The summed E-state index contributed by atoms with van der Waals surface area (Å²) >= 11 is 0. The number of hydrogen-bond acceptors (Lipinski definition) is 4. The van der Waals surface area contributed by atoms with Gasteiger partial charge in [0.15, 0.2) is 0 Å². The highest BCUT2D eigenvalue weighted by atomic mass is 16.5. The molecule has 0 aliphatic carbocycles. The van der Waals surface area contributed by atoms with Crippen molar-refractivity contribution < 1.29 is 14.3 Å². The number of hydrogen-bond donors (Lipinski definition) is 2. The molecule has 0 aromatic heterocycles. The van der Waals surface area contributed by atoms with Crippen molar-refractivity contribution in [2.45, 2.75) is 25.5 Å². The van der Waals surface area contributed by atoms with Crippen LogP contribution in [-0.2, 0) is 14.3 Å². The van der Waals surface area contributed by atoms with E-state index in [0.29, 0.717) is 26.1 Å².